The fourth-order valence-corrected chi connectivity index (χ4v) is 3.16. The highest BCUT2D eigenvalue weighted by Gasteiger charge is 2.35. The molecule has 0 spiro atoms. The van der Waals surface area contributed by atoms with Crippen molar-refractivity contribution in [3.05, 3.63) is 83.7 Å². The molecule has 3 rings (SSSR count). The number of nitrogens with zero attached hydrogens (tertiary/aromatic N) is 5. The van der Waals surface area contributed by atoms with E-state index in [2.05, 4.69) is 10.1 Å². The van der Waals surface area contributed by atoms with Crippen molar-refractivity contribution in [1.82, 2.24) is 19.7 Å². The Balaban J connectivity index is 1.92. The standard InChI is InChI=1S/C20H18F3N5O/c21-16-3-1-15(2-4-16)10-27(8-7-24)11-20(29,12-28-14-25-13-26-28)18-6-5-17(22)9-19(18)23/h1-6,9,13-14,29H,8,10-12H2. The topological polar surface area (TPSA) is 78.0 Å². The monoisotopic (exact) mass is 401 g/mol. The number of aromatic nitrogens is 3. The first-order valence-corrected chi connectivity index (χ1v) is 8.74. The predicted octanol–water partition coefficient (Wildman–Crippen LogP) is 2.61. The zero-order valence-electron chi connectivity index (χ0n) is 15.3. The van der Waals surface area contributed by atoms with E-state index in [-0.39, 0.29) is 31.7 Å². The summed E-state index contributed by atoms with van der Waals surface area (Å²) < 4.78 is 42.4. The molecule has 2 aromatic carbocycles. The molecule has 0 saturated carbocycles. The van der Waals surface area contributed by atoms with Crippen LogP contribution < -0.4 is 0 Å². The molecule has 29 heavy (non-hydrogen) atoms. The first kappa shape index (κ1) is 20.5. The van der Waals surface area contributed by atoms with Gasteiger partial charge in [-0.25, -0.2) is 22.8 Å². The maximum absolute atomic E-state index is 14.5. The molecule has 1 unspecified atom stereocenters. The summed E-state index contributed by atoms with van der Waals surface area (Å²) in [6.07, 6.45) is 2.63. The number of nitriles is 1. The maximum Gasteiger partial charge on any atom is 0.137 e. The largest absolute Gasteiger partial charge is 0.382 e. The van der Waals surface area contributed by atoms with Gasteiger partial charge in [-0.15, -0.1) is 0 Å². The molecule has 0 bridgehead atoms. The van der Waals surface area contributed by atoms with E-state index in [0.29, 0.717) is 11.6 Å². The van der Waals surface area contributed by atoms with Gasteiger partial charge in [0, 0.05) is 24.7 Å². The van der Waals surface area contributed by atoms with E-state index in [4.69, 9.17) is 0 Å². The number of benzene rings is 2. The lowest BCUT2D eigenvalue weighted by Crippen LogP contribution is -2.44. The van der Waals surface area contributed by atoms with Gasteiger partial charge in [0.05, 0.1) is 19.2 Å². The molecule has 1 aromatic heterocycles. The predicted molar refractivity (Wildman–Crippen MR) is 97.6 cm³/mol. The molecule has 0 fully saturated rings. The molecule has 6 nitrogen and oxygen atoms in total. The van der Waals surface area contributed by atoms with Crippen molar-refractivity contribution < 1.29 is 18.3 Å². The number of hydrogen-bond donors (Lipinski definition) is 1. The lowest BCUT2D eigenvalue weighted by atomic mass is 9.92. The first-order valence-electron chi connectivity index (χ1n) is 8.74. The molecule has 0 saturated heterocycles. The van der Waals surface area contributed by atoms with E-state index in [0.717, 1.165) is 6.07 Å². The summed E-state index contributed by atoms with van der Waals surface area (Å²) in [5.74, 6) is -2.07. The number of hydrogen-bond acceptors (Lipinski definition) is 5. The van der Waals surface area contributed by atoms with Gasteiger partial charge in [-0.3, -0.25) is 4.90 Å². The van der Waals surface area contributed by atoms with E-state index in [1.54, 1.807) is 17.0 Å². The smallest absolute Gasteiger partial charge is 0.137 e. The zero-order valence-corrected chi connectivity index (χ0v) is 15.3. The highest BCUT2D eigenvalue weighted by atomic mass is 19.1. The van der Waals surface area contributed by atoms with Crippen LogP contribution in [0.3, 0.4) is 0 Å². The van der Waals surface area contributed by atoms with Crippen molar-refractivity contribution in [3.63, 3.8) is 0 Å². The minimum absolute atomic E-state index is 0.0696. The van der Waals surface area contributed by atoms with Crippen LogP contribution in [0.4, 0.5) is 13.2 Å². The second kappa shape index (κ2) is 8.86. The van der Waals surface area contributed by atoms with Crippen LogP contribution in [0.2, 0.25) is 0 Å². The Morgan fingerprint density at radius 2 is 1.83 bits per heavy atom. The third-order valence-electron chi connectivity index (χ3n) is 4.42. The van der Waals surface area contributed by atoms with Crippen molar-refractivity contribution in [2.45, 2.75) is 18.7 Å². The first-order chi connectivity index (χ1) is 13.9. The lowest BCUT2D eigenvalue weighted by Gasteiger charge is -2.34. The molecule has 0 amide bonds. The van der Waals surface area contributed by atoms with E-state index in [1.807, 2.05) is 6.07 Å². The van der Waals surface area contributed by atoms with E-state index in [9.17, 15) is 23.5 Å². The summed E-state index contributed by atoms with van der Waals surface area (Å²) in [5, 5.41) is 24.5. The molecule has 0 aliphatic rings. The Labute approximate surface area is 165 Å². The molecule has 1 N–H and O–H groups in total. The Morgan fingerprint density at radius 3 is 2.45 bits per heavy atom. The summed E-state index contributed by atoms with van der Waals surface area (Å²) in [4.78, 5) is 5.40. The summed E-state index contributed by atoms with van der Waals surface area (Å²) in [6, 6.07) is 10.6. The van der Waals surface area contributed by atoms with Gasteiger partial charge in [-0.2, -0.15) is 10.4 Å². The minimum Gasteiger partial charge on any atom is -0.382 e. The number of rotatable bonds is 8. The summed E-state index contributed by atoms with van der Waals surface area (Å²) in [5.41, 5.74) is -1.25. The van der Waals surface area contributed by atoms with Gasteiger partial charge in [0.25, 0.3) is 0 Å². The van der Waals surface area contributed by atoms with Crippen molar-refractivity contribution in [1.29, 1.82) is 5.26 Å². The van der Waals surface area contributed by atoms with Crippen LogP contribution in [0.5, 0.6) is 0 Å². The van der Waals surface area contributed by atoms with Crippen molar-refractivity contribution in [3.8, 4) is 6.07 Å². The molecule has 1 atom stereocenters. The Hall–Kier alpha value is -3.22. The van der Waals surface area contributed by atoms with Crippen molar-refractivity contribution in [2.75, 3.05) is 13.1 Å². The molecule has 0 aliphatic heterocycles. The fraction of sp³-hybridized carbons (Fsp3) is 0.250. The van der Waals surface area contributed by atoms with Gasteiger partial charge in [0.1, 0.15) is 35.7 Å². The third kappa shape index (κ3) is 5.19. The van der Waals surface area contributed by atoms with E-state index < -0.39 is 23.1 Å². The summed E-state index contributed by atoms with van der Waals surface area (Å²) in [6.45, 7) is -0.169. The molecule has 3 aromatic rings. The quantitative estimate of drug-likeness (QED) is 0.587. The average molecular weight is 401 g/mol. The van der Waals surface area contributed by atoms with Gasteiger partial charge < -0.3 is 5.11 Å². The van der Waals surface area contributed by atoms with Crippen LogP contribution in [0, 0.1) is 28.8 Å². The average Bonchev–Trinajstić information content (AvgIpc) is 3.16. The Morgan fingerprint density at radius 1 is 1.10 bits per heavy atom. The highest BCUT2D eigenvalue weighted by Crippen LogP contribution is 2.28. The van der Waals surface area contributed by atoms with Gasteiger partial charge >= 0.3 is 0 Å². The molecule has 150 valence electrons. The second-order valence-electron chi connectivity index (χ2n) is 6.68. The molecule has 0 aliphatic carbocycles. The number of aliphatic hydroxyl groups is 1. The van der Waals surface area contributed by atoms with Gasteiger partial charge in [0.2, 0.25) is 0 Å². The van der Waals surface area contributed by atoms with Crippen molar-refractivity contribution in [2.24, 2.45) is 0 Å². The Kier molecular flexibility index (Phi) is 6.26. The van der Waals surface area contributed by atoms with Crippen LogP contribution >= 0.6 is 0 Å². The van der Waals surface area contributed by atoms with Gasteiger partial charge in [0.15, 0.2) is 0 Å². The van der Waals surface area contributed by atoms with Crippen molar-refractivity contribution >= 4 is 0 Å². The molecular weight excluding hydrogens is 383 g/mol. The Bertz CT molecular complexity index is 988. The normalized spacial score (nSPS) is 13.2. The molecular formula is C20H18F3N5O. The van der Waals surface area contributed by atoms with Crippen LogP contribution in [-0.2, 0) is 18.7 Å². The van der Waals surface area contributed by atoms with Gasteiger partial charge in [-0.1, -0.05) is 18.2 Å². The summed E-state index contributed by atoms with van der Waals surface area (Å²) >= 11 is 0. The molecule has 0 radical (unpaired) electrons. The second-order valence-corrected chi connectivity index (χ2v) is 6.68. The highest BCUT2D eigenvalue weighted by molar-refractivity contribution is 5.26. The minimum atomic E-state index is -1.83. The molecule has 9 heteroatoms. The third-order valence-corrected chi connectivity index (χ3v) is 4.42. The number of halogens is 3. The van der Waals surface area contributed by atoms with Crippen LogP contribution in [0.25, 0.3) is 0 Å². The van der Waals surface area contributed by atoms with Crippen LogP contribution in [-0.4, -0.2) is 37.9 Å². The zero-order chi connectivity index (χ0) is 20.9. The molecule has 1 heterocycles. The van der Waals surface area contributed by atoms with E-state index in [1.165, 1.54) is 35.5 Å². The van der Waals surface area contributed by atoms with E-state index >= 15 is 0 Å². The van der Waals surface area contributed by atoms with Gasteiger partial charge in [-0.05, 0) is 23.8 Å². The lowest BCUT2D eigenvalue weighted by molar-refractivity contribution is -0.0206. The van der Waals surface area contributed by atoms with Crippen LogP contribution in [0.15, 0.2) is 55.1 Å². The van der Waals surface area contributed by atoms with Crippen LogP contribution in [0.1, 0.15) is 11.1 Å². The fourth-order valence-electron chi connectivity index (χ4n) is 3.16. The SMILES string of the molecule is N#CCN(Cc1ccc(F)cc1)CC(O)(Cn1cncn1)c1ccc(F)cc1F. The maximum atomic E-state index is 14.5. The summed E-state index contributed by atoms with van der Waals surface area (Å²) in [7, 11) is 0.